The minimum Gasteiger partial charge on any atom is -0.266 e. The van der Waals surface area contributed by atoms with Crippen molar-refractivity contribution in [1.82, 2.24) is 4.72 Å². The SMILES string of the molecule is O=C1N=C(NS(=O)(=O)c2cccc3ccccc23)S/C1=C/c1ccc(Br)cc1. The Hall–Kier alpha value is -2.42. The zero-order valence-electron chi connectivity index (χ0n) is 14.3. The number of thioether (sulfide) groups is 1. The molecule has 4 rings (SSSR count). The second kappa shape index (κ2) is 7.54. The van der Waals surface area contributed by atoms with Gasteiger partial charge in [0.2, 0.25) is 0 Å². The van der Waals surface area contributed by atoms with Crippen molar-refractivity contribution in [2.24, 2.45) is 4.99 Å². The normalized spacial score (nSPS) is 15.8. The van der Waals surface area contributed by atoms with E-state index < -0.39 is 15.9 Å². The summed E-state index contributed by atoms with van der Waals surface area (Å²) in [4.78, 5) is 16.5. The van der Waals surface area contributed by atoms with Crippen LogP contribution < -0.4 is 4.72 Å². The molecular formula is C20H13BrN2O3S2. The maximum absolute atomic E-state index is 12.9. The number of hydrogen-bond donors (Lipinski definition) is 1. The van der Waals surface area contributed by atoms with Crippen LogP contribution in [0.4, 0.5) is 0 Å². The molecule has 0 unspecified atom stereocenters. The lowest BCUT2D eigenvalue weighted by molar-refractivity contribution is -0.113. The fourth-order valence-corrected chi connectivity index (χ4v) is 5.31. The number of fused-ring (bicyclic) bond motifs is 1. The fraction of sp³-hybridized carbons (Fsp3) is 0. The molecule has 0 spiro atoms. The number of amides is 1. The molecule has 1 aliphatic heterocycles. The van der Waals surface area contributed by atoms with Gasteiger partial charge in [0.05, 0.1) is 9.80 Å². The second-order valence-corrected chi connectivity index (χ2v) is 9.56. The van der Waals surface area contributed by atoms with Crippen LogP contribution in [0.3, 0.4) is 0 Å². The van der Waals surface area contributed by atoms with Crippen molar-refractivity contribution in [3.05, 3.63) is 81.7 Å². The number of halogens is 1. The average molecular weight is 473 g/mol. The number of rotatable bonds is 3. The van der Waals surface area contributed by atoms with E-state index in [2.05, 4.69) is 25.6 Å². The zero-order chi connectivity index (χ0) is 19.7. The van der Waals surface area contributed by atoms with Gasteiger partial charge in [-0.3, -0.25) is 9.52 Å². The van der Waals surface area contributed by atoms with Gasteiger partial charge in [-0.05, 0) is 47.0 Å². The van der Waals surface area contributed by atoms with Gasteiger partial charge in [-0.25, -0.2) is 8.42 Å². The minimum atomic E-state index is -3.88. The summed E-state index contributed by atoms with van der Waals surface area (Å²) < 4.78 is 29.1. The van der Waals surface area contributed by atoms with Crippen molar-refractivity contribution in [2.75, 3.05) is 0 Å². The number of amidine groups is 1. The van der Waals surface area contributed by atoms with Gasteiger partial charge >= 0.3 is 0 Å². The highest BCUT2D eigenvalue weighted by molar-refractivity contribution is 9.10. The fourth-order valence-electron chi connectivity index (χ4n) is 2.76. The lowest BCUT2D eigenvalue weighted by Crippen LogP contribution is -2.27. The average Bonchev–Trinajstić information content (AvgIpc) is 3.01. The smallest absolute Gasteiger partial charge is 0.266 e. The molecule has 0 radical (unpaired) electrons. The van der Waals surface area contributed by atoms with E-state index in [0.29, 0.717) is 10.3 Å². The largest absolute Gasteiger partial charge is 0.286 e. The number of nitrogens with one attached hydrogen (secondary N) is 1. The molecule has 140 valence electrons. The molecule has 1 aliphatic rings. The summed E-state index contributed by atoms with van der Waals surface area (Å²) >= 11 is 4.36. The molecule has 1 N–H and O–H groups in total. The Kier molecular flexibility index (Phi) is 5.09. The Bertz CT molecular complexity index is 1240. The van der Waals surface area contributed by atoms with E-state index >= 15 is 0 Å². The molecule has 0 bridgehead atoms. The van der Waals surface area contributed by atoms with Gasteiger partial charge in [-0.15, -0.1) is 0 Å². The molecule has 0 fully saturated rings. The number of aliphatic imine (C=N–C) groups is 1. The van der Waals surface area contributed by atoms with E-state index in [-0.39, 0.29) is 10.1 Å². The maximum Gasteiger partial charge on any atom is 0.286 e. The number of carbonyl (C=O) groups excluding carboxylic acids is 1. The summed E-state index contributed by atoms with van der Waals surface area (Å²) in [6.07, 6.45) is 1.68. The van der Waals surface area contributed by atoms with E-state index in [1.807, 2.05) is 42.5 Å². The summed E-state index contributed by atoms with van der Waals surface area (Å²) in [5, 5.41) is 1.47. The Morgan fingerprint density at radius 1 is 0.964 bits per heavy atom. The van der Waals surface area contributed by atoms with Crippen molar-refractivity contribution >= 4 is 65.6 Å². The van der Waals surface area contributed by atoms with Crippen molar-refractivity contribution in [3.8, 4) is 0 Å². The highest BCUT2D eigenvalue weighted by Gasteiger charge is 2.27. The first-order valence-electron chi connectivity index (χ1n) is 8.21. The van der Waals surface area contributed by atoms with E-state index in [9.17, 15) is 13.2 Å². The van der Waals surface area contributed by atoms with Crippen molar-refractivity contribution in [3.63, 3.8) is 0 Å². The molecule has 0 atom stereocenters. The molecular weight excluding hydrogens is 460 g/mol. The third-order valence-electron chi connectivity index (χ3n) is 4.05. The van der Waals surface area contributed by atoms with Gasteiger partial charge in [0, 0.05) is 9.86 Å². The molecule has 8 heteroatoms. The predicted molar refractivity (Wildman–Crippen MR) is 116 cm³/mol. The first-order chi connectivity index (χ1) is 13.4. The molecule has 28 heavy (non-hydrogen) atoms. The highest BCUT2D eigenvalue weighted by atomic mass is 79.9. The zero-order valence-corrected chi connectivity index (χ0v) is 17.5. The summed E-state index contributed by atoms with van der Waals surface area (Å²) in [6.45, 7) is 0. The van der Waals surface area contributed by atoms with Gasteiger partial charge in [-0.2, -0.15) is 4.99 Å². The van der Waals surface area contributed by atoms with Crippen molar-refractivity contribution in [1.29, 1.82) is 0 Å². The lowest BCUT2D eigenvalue weighted by Gasteiger charge is -2.09. The molecule has 3 aromatic rings. The number of benzene rings is 3. The summed E-state index contributed by atoms with van der Waals surface area (Å²) in [6, 6.07) is 19.7. The standard InChI is InChI=1S/C20H13BrN2O3S2/c21-15-10-8-13(9-11-15)12-17-19(24)22-20(27-17)23-28(25,26)18-7-3-5-14-4-1-2-6-16(14)18/h1-12H,(H,22,23,24)/b17-12+. The van der Waals surface area contributed by atoms with Crippen LogP contribution in [-0.4, -0.2) is 19.5 Å². The molecule has 0 saturated heterocycles. The molecule has 0 aliphatic carbocycles. The number of hydrogen-bond acceptors (Lipinski definition) is 4. The topological polar surface area (TPSA) is 75.6 Å². The minimum absolute atomic E-state index is 0.0429. The van der Waals surface area contributed by atoms with Crippen LogP contribution in [0.25, 0.3) is 16.8 Å². The van der Waals surface area contributed by atoms with E-state index in [4.69, 9.17) is 0 Å². The third kappa shape index (κ3) is 3.89. The molecule has 0 aromatic heterocycles. The van der Waals surface area contributed by atoms with Crippen LogP contribution in [0.1, 0.15) is 5.56 Å². The van der Waals surface area contributed by atoms with Crippen molar-refractivity contribution in [2.45, 2.75) is 4.90 Å². The maximum atomic E-state index is 12.9. The lowest BCUT2D eigenvalue weighted by atomic mass is 10.1. The number of nitrogens with zero attached hydrogens (tertiary/aromatic N) is 1. The number of carbonyl (C=O) groups is 1. The van der Waals surface area contributed by atoms with E-state index in [1.54, 1.807) is 24.3 Å². The van der Waals surface area contributed by atoms with Crippen LogP contribution >= 0.6 is 27.7 Å². The van der Waals surface area contributed by atoms with Gasteiger partial charge < -0.3 is 0 Å². The van der Waals surface area contributed by atoms with Crippen molar-refractivity contribution < 1.29 is 13.2 Å². The van der Waals surface area contributed by atoms with Crippen LogP contribution in [0.5, 0.6) is 0 Å². The van der Waals surface area contributed by atoms with Gasteiger partial charge in [0.15, 0.2) is 5.17 Å². The summed E-state index contributed by atoms with van der Waals surface area (Å²) in [5.74, 6) is -0.469. The first-order valence-corrected chi connectivity index (χ1v) is 11.3. The van der Waals surface area contributed by atoms with Crippen LogP contribution in [0.15, 0.2) is 86.0 Å². The Labute approximate surface area is 174 Å². The van der Waals surface area contributed by atoms with Crippen LogP contribution in [0, 0.1) is 0 Å². The van der Waals surface area contributed by atoms with Crippen LogP contribution in [0.2, 0.25) is 0 Å². The molecule has 5 nitrogen and oxygen atoms in total. The third-order valence-corrected chi connectivity index (χ3v) is 7.00. The molecule has 0 saturated carbocycles. The first kappa shape index (κ1) is 18.9. The van der Waals surface area contributed by atoms with Gasteiger partial charge in [0.1, 0.15) is 0 Å². The number of sulfonamides is 1. The predicted octanol–water partition coefficient (Wildman–Crippen LogP) is 4.55. The molecule has 1 amide bonds. The Morgan fingerprint density at radius 2 is 1.68 bits per heavy atom. The monoisotopic (exact) mass is 472 g/mol. The van der Waals surface area contributed by atoms with Crippen LogP contribution in [-0.2, 0) is 14.8 Å². The Morgan fingerprint density at radius 3 is 2.46 bits per heavy atom. The molecule has 1 heterocycles. The Balaban J connectivity index is 1.60. The van der Waals surface area contributed by atoms with E-state index in [0.717, 1.165) is 27.2 Å². The second-order valence-electron chi connectivity index (χ2n) is 5.97. The van der Waals surface area contributed by atoms with Gasteiger partial charge in [0.25, 0.3) is 15.9 Å². The highest BCUT2D eigenvalue weighted by Crippen LogP contribution is 2.29. The summed E-state index contributed by atoms with van der Waals surface area (Å²) in [7, 11) is -3.88. The molecule has 3 aromatic carbocycles. The van der Waals surface area contributed by atoms with Gasteiger partial charge in [-0.1, -0.05) is 64.5 Å². The summed E-state index contributed by atoms with van der Waals surface area (Å²) in [5.41, 5.74) is 0.826. The quantitative estimate of drug-likeness (QED) is 0.567. The van der Waals surface area contributed by atoms with E-state index in [1.165, 1.54) is 6.07 Å².